The van der Waals surface area contributed by atoms with E-state index in [1.54, 1.807) is 0 Å². The van der Waals surface area contributed by atoms with Crippen molar-refractivity contribution in [1.29, 1.82) is 0 Å². The first-order valence-electron chi connectivity index (χ1n) is 7.62. The maximum absolute atomic E-state index is 12.4. The number of piperidine rings is 1. The number of thiazole rings is 1. The Morgan fingerprint density at radius 3 is 2.81 bits per heavy atom. The van der Waals surface area contributed by atoms with Gasteiger partial charge in [-0.1, -0.05) is 6.92 Å². The average Bonchev–Trinajstić information content (AvgIpc) is 2.88. The molecule has 0 aromatic carbocycles. The Morgan fingerprint density at radius 1 is 1.48 bits per heavy atom. The van der Waals surface area contributed by atoms with Gasteiger partial charge in [0.2, 0.25) is 0 Å². The summed E-state index contributed by atoms with van der Waals surface area (Å²) in [5.74, 6) is 1.26. The molecule has 1 saturated heterocycles. The Balaban J connectivity index is 1.84. The van der Waals surface area contributed by atoms with E-state index in [4.69, 9.17) is 0 Å². The molecule has 21 heavy (non-hydrogen) atoms. The van der Waals surface area contributed by atoms with Gasteiger partial charge in [0, 0.05) is 31.4 Å². The van der Waals surface area contributed by atoms with Crippen LogP contribution in [0.25, 0.3) is 0 Å². The van der Waals surface area contributed by atoms with Crippen LogP contribution in [-0.2, 0) is 6.42 Å². The molecule has 1 fully saturated rings. The third-order valence-corrected chi connectivity index (χ3v) is 5.48. The number of carbonyl (C=O) groups is 1. The molecule has 0 atom stereocenters. The van der Waals surface area contributed by atoms with Crippen molar-refractivity contribution in [2.75, 3.05) is 31.6 Å². The van der Waals surface area contributed by atoms with Crippen molar-refractivity contribution in [1.82, 2.24) is 15.2 Å². The highest BCUT2D eigenvalue weighted by Crippen LogP contribution is 2.19. The minimum absolute atomic E-state index is 0.0695. The van der Waals surface area contributed by atoms with Crippen LogP contribution in [0.15, 0.2) is 0 Å². The summed E-state index contributed by atoms with van der Waals surface area (Å²) in [6.45, 7) is 7.36. The van der Waals surface area contributed by atoms with Crippen LogP contribution in [0.1, 0.15) is 40.1 Å². The molecule has 2 heterocycles. The minimum Gasteiger partial charge on any atom is -0.348 e. The lowest BCUT2D eigenvalue weighted by molar-refractivity contribution is 0.0916. The number of amides is 1. The van der Waals surface area contributed by atoms with Gasteiger partial charge in [-0.25, -0.2) is 4.98 Å². The Labute approximate surface area is 135 Å². The van der Waals surface area contributed by atoms with Crippen molar-refractivity contribution in [2.24, 2.45) is 0 Å². The zero-order valence-corrected chi connectivity index (χ0v) is 14.8. The van der Waals surface area contributed by atoms with Gasteiger partial charge in [-0.15, -0.1) is 11.3 Å². The van der Waals surface area contributed by atoms with Gasteiger partial charge in [-0.05, 0) is 32.4 Å². The van der Waals surface area contributed by atoms with Crippen LogP contribution in [0.5, 0.6) is 0 Å². The monoisotopic (exact) mass is 327 g/mol. The first-order chi connectivity index (χ1) is 10.1. The summed E-state index contributed by atoms with van der Waals surface area (Å²) < 4.78 is 0. The predicted molar refractivity (Wildman–Crippen MR) is 91.5 cm³/mol. The van der Waals surface area contributed by atoms with Crippen molar-refractivity contribution in [3.8, 4) is 0 Å². The molecule has 1 aromatic rings. The molecule has 4 nitrogen and oxygen atoms in total. The number of rotatable bonds is 6. The number of aryl methyl sites for hydroxylation is 2. The van der Waals surface area contributed by atoms with Gasteiger partial charge in [-0.3, -0.25) is 4.79 Å². The third kappa shape index (κ3) is 4.69. The highest BCUT2D eigenvalue weighted by molar-refractivity contribution is 7.98. The lowest BCUT2D eigenvalue weighted by Gasteiger charge is -2.32. The van der Waals surface area contributed by atoms with E-state index in [1.807, 2.05) is 18.7 Å². The van der Waals surface area contributed by atoms with E-state index in [2.05, 4.69) is 28.4 Å². The second-order valence-corrected chi connectivity index (χ2v) is 7.63. The number of likely N-dealkylation sites (tertiary alicyclic amines) is 1. The topological polar surface area (TPSA) is 45.2 Å². The molecule has 2 rings (SSSR count). The standard InChI is InChI=1S/C15H25N3OS2/c1-4-13-14(21-11(2)16-13)15(19)17-12-5-7-18(8-6-12)9-10-20-3/h12H,4-10H2,1-3H3,(H,17,19). The van der Waals surface area contributed by atoms with Gasteiger partial charge >= 0.3 is 0 Å². The Bertz CT molecular complexity index is 467. The predicted octanol–water partition coefficient (Wildman–Crippen LogP) is 2.57. The van der Waals surface area contributed by atoms with E-state index < -0.39 is 0 Å². The van der Waals surface area contributed by atoms with Crippen LogP contribution >= 0.6 is 23.1 Å². The molecule has 0 radical (unpaired) electrons. The Morgan fingerprint density at radius 2 is 2.19 bits per heavy atom. The molecule has 1 aliphatic heterocycles. The summed E-state index contributed by atoms with van der Waals surface area (Å²) in [6.07, 6.45) is 5.08. The second-order valence-electron chi connectivity index (χ2n) is 5.44. The van der Waals surface area contributed by atoms with E-state index >= 15 is 0 Å². The summed E-state index contributed by atoms with van der Waals surface area (Å²) in [4.78, 5) is 20.1. The number of thioether (sulfide) groups is 1. The van der Waals surface area contributed by atoms with Crippen molar-refractivity contribution < 1.29 is 4.79 Å². The smallest absolute Gasteiger partial charge is 0.263 e. The van der Waals surface area contributed by atoms with Gasteiger partial charge in [-0.2, -0.15) is 11.8 Å². The van der Waals surface area contributed by atoms with Crippen molar-refractivity contribution in [3.63, 3.8) is 0 Å². The van der Waals surface area contributed by atoms with Gasteiger partial charge in [0.05, 0.1) is 10.7 Å². The molecular weight excluding hydrogens is 302 g/mol. The van der Waals surface area contributed by atoms with E-state index in [0.29, 0.717) is 6.04 Å². The zero-order valence-electron chi connectivity index (χ0n) is 13.1. The van der Waals surface area contributed by atoms with Crippen LogP contribution in [0.3, 0.4) is 0 Å². The minimum atomic E-state index is 0.0695. The number of nitrogens with one attached hydrogen (secondary N) is 1. The number of hydrogen-bond donors (Lipinski definition) is 1. The van der Waals surface area contributed by atoms with E-state index in [9.17, 15) is 4.79 Å². The molecule has 1 aliphatic rings. The quantitative estimate of drug-likeness (QED) is 0.872. The summed E-state index contributed by atoms with van der Waals surface area (Å²) in [7, 11) is 0. The normalized spacial score (nSPS) is 17.1. The molecule has 1 N–H and O–H groups in total. The third-order valence-electron chi connectivity index (χ3n) is 3.88. The van der Waals surface area contributed by atoms with Crippen molar-refractivity contribution in [2.45, 2.75) is 39.2 Å². The van der Waals surface area contributed by atoms with E-state index in [1.165, 1.54) is 17.1 Å². The second kappa shape index (κ2) is 8.15. The molecule has 118 valence electrons. The Hall–Kier alpha value is -0.590. The summed E-state index contributed by atoms with van der Waals surface area (Å²) in [6, 6.07) is 0.315. The highest BCUT2D eigenvalue weighted by atomic mass is 32.2. The van der Waals surface area contributed by atoms with Crippen molar-refractivity contribution >= 4 is 29.0 Å². The van der Waals surface area contributed by atoms with Gasteiger partial charge < -0.3 is 10.2 Å². The average molecular weight is 328 g/mol. The maximum Gasteiger partial charge on any atom is 0.263 e. The zero-order chi connectivity index (χ0) is 15.2. The number of carbonyl (C=O) groups excluding carboxylic acids is 1. The first kappa shape index (κ1) is 16.8. The van der Waals surface area contributed by atoms with Gasteiger partial charge in [0.15, 0.2) is 0 Å². The molecule has 6 heteroatoms. The van der Waals surface area contributed by atoms with Crippen LogP contribution < -0.4 is 5.32 Å². The Kier molecular flexibility index (Phi) is 6.51. The lowest BCUT2D eigenvalue weighted by Crippen LogP contribution is -2.45. The molecule has 0 unspecified atom stereocenters. The fourth-order valence-corrected chi connectivity index (χ4v) is 4.01. The fourth-order valence-electron chi connectivity index (χ4n) is 2.66. The molecule has 0 bridgehead atoms. The van der Waals surface area contributed by atoms with Gasteiger partial charge in [0.25, 0.3) is 5.91 Å². The summed E-state index contributed by atoms with van der Waals surface area (Å²) in [5, 5.41) is 4.18. The van der Waals surface area contributed by atoms with E-state index in [0.717, 1.165) is 54.5 Å². The highest BCUT2D eigenvalue weighted by Gasteiger charge is 2.23. The molecular formula is C15H25N3OS2. The number of aromatic nitrogens is 1. The number of hydrogen-bond acceptors (Lipinski definition) is 5. The maximum atomic E-state index is 12.4. The first-order valence-corrected chi connectivity index (χ1v) is 9.83. The lowest BCUT2D eigenvalue weighted by atomic mass is 10.0. The number of nitrogens with zero attached hydrogens (tertiary/aromatic N) is 2. The van der Waals surface area contributed by atoms with Crippen LogP contribution in [0.4, 0.5) is 0 Å². The molecule has 0 aliphatic carbocycles. The fraction of sp³-hybridized carbons (Fsp3) is 0.733. The van der Waals surface area contributed by atoms with Crippen LogP contribution in [0, 0.1) is 6.92 Å². The molecule has 1 aromatic heterocycles. The largest absolute Gasteiger partial charge is 0.348 e. The molecule has 0 spiro atoms. The van der Waals surface area contributed by atoms with Crippen molar-refractivity contribution in [3.05, 3.63) is 15.6 Å². The summed E-state index contributed by atoms with van der Waals surface area (Å²) >= 11 is 3.40. The van der Waals surface area contributed by atoms with Crippen LogP contribution in [-0.4, -0.2) is 53.5 Å². The van der Waals surface area contributed by atoms with Crippen LogP contribution in [0.2, 0.25) is 0 Å². The SMILES string of the molecule is CCc1nc(C)sc1C(=O)NC1CCN(CCSC)CC1. The summed E-state index contributed by atoms with van der Waals surface area (Å²) in [5.41, 5.74) is 0.937. The van der Waals surface area contributed by atoms with E-state index in [-0.39, 0.29) is 5.91 Å². The molecule has 1 amide bonds. The van der Waals surface area contributed by atoms with Gasteiger partial charge in [0.1, 0.15) is 4.88 Å². The molecule has 0 saturated carbocycles.